The van der Waals surface area contributed by atoms with Gasteiger partial charge in [-0.1, -0.05) is 31.5 Å². The normalized spacial score (nSPS) is 12.6. The Morgan fingerprint density at radius 2 is 2.00 bits per heavy atom. The Kier molecular flexibility index (Phi) is 5.03. The molecule has 1 nitrogen and oxygen atoms in total. The van der Waals surface area contributed by atoms with Gasteiger partial charge in [-0.05, 0) is 55.3 Å². The largest absolute Gasteiger partial charge is 0.306 e. The Bertz CT molecular complexity index is 547. The van der Waals surface area contributed by atoms with E-state index in [4.69, 9.17) is 11.6 Å². The van der Waals surface area contributed by atoms with Crippen molar-refractivity contribution in [2.75, 3.05) is 6.54 Å². The van der Waals surface area contributed by atoms with Crippen LogP contribution in [0.3, 0.4) is 0 Å². The molecule has 0 aliphatic heterocycles. The lowest BCUT2D eigenvalue weighted by Crippen LogP contribution is -2.21. The van der Waals surface area contributed by atoms with E-state index in [9.17, 15) is 0 Å². The summed E-state index contributed by atoms with van der Waals surface area (Å²) in [6.07, 6.45) is 1.10. The number of nitrogens with one attached hydrogen (secondary N) is 1. The Hall–Kier alpha value is -0.830. The summed E-state index contributed by atoms with van der Waals surface area (Å²) in [5, 5.41) is 4.38. The summed E-state index contributed by atoms with van der Waals surface area (Å²) in [5.74, 6) is 0. The third kappa shape index (κ3) is 3.38. The average Bonchev–Trinajstić information content (AvgIpc) is 2.85. The number of halogens is 1. The highest BCUT2D eigenvalue weighted by molar-refractivity contribution is 7.12. The van der Waals surface area contributed by atoms with Crippen LogP contribution in [0.4, 0.5) is 0 Å². The minimum atomic E-state index is 0.271. The molecule has 3 heteroatoms. The van der Waals surface area contributed by atoms with Crippen LogP contribution < -0.4 is 5.32 Å². The van der Waals surface area contributed by atoms with Crippen LogP contribution in [-0.4, -0.2) is 6.54 Å². The van der Waals surface area contributed by atoms with Crippen molar-refractivity contribution in [1.82, 2.24) is 5.32 Å². The fourth-order valence-electron chi connectivity index (χ4n) is 2.27. The minimum absolute atomic E-state index is 0.271. The molecule has 0 saturated heterocycles. The molecule has 0 bridgehead atoms. The van der Waals surface area contributed by atoms with Crippen LogP contribution in [-0.2, 0) is 6.42 Å². The van der Waals surface area contributed by atoms with Gasteiger partial charge in [-0.25, -0.2) is 0 Å². The molecule has 1 atom stereocenters. The number of rotatable bonds is 5. The summed E-state index contributed by atoms with van der Waals surface area (Å²) in [7, 11) is 0. The van der Waals surface area contributed by atoms with Crippen LogP contribution in [0.2, 0.25) is 5.02 Å². The van der Waals surface area contributed by atoms with Gasteiger partial charge < -0.3 is 5.32 Å². The highest BCUT2D eigenvalue weighted by atomic mass is 35.5. The van der Waals surface area contributed by atoms with E-state index >= 15 is 0 Å². The molecule has 1 unspecified atom stereocenters. The fraction of sp³-hybridized carbons (Fsp3) is 0.375. The number of hydrogen-bond donors (Lipinski definition) is 1. The Labute approximate surface area is 124 Å². The predicted molar refractivity (Wildman–Crippen MR) is 85.4 cm³/mol. The van der Waals surface area contributed by atoms with Crippen LogP contribution in [0.5, 0.6) is 0 Å². The van der Waals surface area contributed by atoms with E-state index in [2.05, 4.69) is 44.3 Å². The van der Waals surface area contributed by atoms with Crippen LogP contribution in [0, 0.1) is 6.92 Å². The fourth-order valence-corrected chi connectivity index (χ4v) is 3.54. The van der Waals surface area contributed by atoms with E-state index in [0.29, 0.717) is 0 Å². The number of thiophene rings is 1. The van der Waals surface area contributed by atoms with Crippen LogP contribution in [0.25, 0.3) is 0 Å². The summed E-state index contributed by atoms with van der Waals surface area (Å²) in [6.45, 7) is 7.42. The minimum Gasteiger partial charge on any atom is -0.306 e. The molecular formula is C16H20ClNS. The van der Waals surface area contributed by atoms with Gasteiger partial charge in [-0.3, -0.25) is 0 Å². The van der Waals surface area contributed by atoms with E-state index in [1.165, 1.54) is 20.9 Å². The molecule has 0 spiro atoms. The standard InChI is InChI=1S/C16H20ClNS/c1-4-13-7-9-15(19-13)16(18-5-2)14-8-6-12(17)10-11(14)3/h6-10,16,18H,4-5H2,1-3H3. The molecule has 2 rings (SSSR count). The molecule has 1 N–H and O–H groups in total. The zero-order chi connectivity index (χ0) is 13.8. The number of hydrogen-bond acceptors (Lipinski definition) is 2. The monoisotopic (exact) mass is 293 g/mol. The zero-order valence-electron chi connectivity index (χ0n) is 11.7. The molecule has 0 aliphatic carbocycles. The summed E-state index contributed by atoms with van der Waals surface area (Å²) < 4.78 is 0. The number of benzene rings is 1. The second kappa shape index (κ2) is 6.56. The number of aryl methyl sites for hydroxylation is 2. The molecule has 2 aromatic rings. The maximum atomic E-state index is 6.05. The van der Waals surface area contributed by atoms with Gasteiger partial charge in [-0.2, -0.15) is 0 Å². The van der Waals surface area contributed by atoms with E-state index in [1.54, 1.807) is 0 Å². The molecule has 1 heterocycles. The summed E-state index contributed by atoms with van der Waals surface area (Å²) in [4.78, 5) is 2.81. The molecular weight excluding hydrogens is 274 g/mol. The van der Waals surface area contributed by atoms with Crippen molar-refractivity contribution < 1.29 is 0 Å². The molecule has 0 fully saturated rings. The predicted octanol–water partition coefficient (Wildman–Crippen LogP) is 4.97. The van der Waals surface area contributed by atoms with Crippen molar-refractivity contribution in [2.45, 2.75) is 33.2 Å². The second-order valence-corrected chi connectivity index (χ2v) is 6.29. The van der Waals surface area contributed by atoms with Gasteiger partial charge in [0.15, 0.2) is 0 Å². The molecule has 1 aromatic carbocycles. The van der Waals surface area contributed by atoms with Gasteiger partial charge in [0, 0.05) is 14.8 Å². The Morgan fingerprint density at radius 1 is 1.21 bits per heavy atom. The lowest BCUT2D eigenvalue weighted by Gasteiger charge is -2.19. The molecule has 19 heavy (non-hydrogen) atoms. The maximum Gasteiger partial charge on any atom is 0.0673 e. The van der Waals surface area contributed by atoms with Crippen molar-refractivity contribution in [2.24, 2.45) is 0 Å². The van der Waals surface area contributed by atoms with E-state index in [1.807, 2.05) is 23.5 Å². The molecule has 0 saturated carbocycles. The van der Waals surface area contributed by atoms with Crippen molar-refractivity contribution >= 4 is 22.9 Å². The van der Waals surface area contributed by atoms with Crippen molar-refractivity contribution in [3.05, 3.63) is 56.2 Å². The van der Waals surface area contributed by atoms with Crippen LogP contribution >= 0.6 is 22.9 Å². The topological polar surface area (TPSA) is 12.0 Å². The molecule has 0 amide bonds. The molecule has 0 aliphatic rings. The quantitative estimate of drug-likeness (QED) is 0.820. The van der Waals surface area contributed by atoms with Crippen molar-refractivity contribution in [1.29, 1.82) is 0 Å². The van der Waals surface area contributed by atoms with Gasteiger partial charge in [0.25, 0.3) is 0 Å². The van der Waals surface area contributed by atoms with Gasteiger partial charge in [0.1, 0.15) is 0 Å². The summed E-state index contributed by atoms with van der Waals surface area (Å²) in [6, 6.07) is 10.9. The Morgan fingerprint density at radius 3 is 2.58 bits per heavy atom. The first-order valence-electron chi connectivity index (χ1n) is 6.73. The molecule has 0 radical (unpaired) electrons. The van der Waals surface area contributed by atoms with Gasteiger partial charge >= 0.3 is 0 Å². The zero-order valence-corrected chi connectivity index (χ0v) is 13.2. The smallest absolute Gasteiger partial charge is 0.0673 e. The van der Waals surface area contributed by atoms with Gasteiger partial charge in [0.05, 0.1) is 6.04 Å². The lowest BCUT2D eigenvalue weighted by molar-refractivity contribution is 0.637. The lowest BCUT2D eigenvalue weighted by atomic mass is 10.00. The van der Waals surface area contributed by atoms with E-state index < -0.39 is 0 Å². The second-order valence-electron chi connectivity index (χ2n) is 4.65. The highest BCUT2D eigenvalue weighted by Crippen LogP contribution is 2.31. The van der Waals surface area contributed by atoms with E-state index in [0.717, 1.165) is 18.0 Å². The SMILES string of the molecule is CCNC(c1ccc(CC)s1)c1ccc(Cl)cc1C. The summed E-state index contributed by atoms with van der Waals surface area (Å²) >= 11 is 7.95. The van der Waals surface area contributed by atoms with Gasteiger partial charge in [0.2, 0.25) is 0 Å². The third-order valence-electron chi connectivity index (χ3n) is 3.27. The first-order valence-corrected chi connectivity index (χ1v) is 7.93. The highest BCUT2D eigenvalue weighted by Gasteiger charge is 2.17. The van der Waals surface area contributed by atoms with Gasteiger partial charge in [-0.15, -0.1) is 11.3 Å². The van der Waals surface area contributed by atoms with Crippen LogP contribution in [0.1, 0.15) is 40.8 Å². The molecule has 1 aromatic heterocycles. The maximum absolute atomic E-state index is 6.05. The summed E-state index contributed by atoms with van der Waals surface area (Å²) in [5.41, 5.74) is 2.56. The van der Waals surface area contributed by atoms with Crippen molar-refractivity contribution in [3.63, 3.8) is 0 Å². The first kappa shape index (κ1) is 14.6. The third-order valence-corrected chi connectivity index (χ3v) is 4.80. The average molecular weight is 294 g/mol. The molecule has 102 valence electrons. The van der Waals surface area contributed by atoms with Crippen molar-refractivity contribution in [3.8, 4) is 0 Å². The van der Waals surface area contributed by atoms with E-state index in [-0.39, 0.29) is 6.04 Å². The Balaban J connectivity index is 2.38. The first-order chi connectivity index (χ1) is 9.15. The van der Waals surface area contributed by atoms with Crippen LogP contribution in [0.15, 0.2) is 30.3 Å².